The Morgan fingerprint density at radius 2 is 1.59 bits per heavy atom. The molecule has 3 N–H and O–H groups in total. The maximum atomic E-state index is 12.7. The van der Waals surface area contributed by atoms with Gasteiger partial charge in [-0.05, 0) is 41.5 Å². The van der Waals surface area contributed by atoms with Gasteiger partial charge in [-0.15, -0.1) is 0 Å². The standard InChI is InChI=1S/C23H23N5O3S/c1-3-28(4-2)32(30,31)18-8-5-15(6-9-18)17-11-20(22(24)25-13-17)16-7-10-19-21(12-16)26-14-27-23(19)29/h5-14H,3-4H2,1-2H3,(H2,24,25)(H,26,27,29). The lowest BCUT2D eigenvalue weighted by Crippen LogP contribution is -2.30. The van der Waals surface area contributed by atoms with Gasteiger partial charge in [0.15, 0.2) is 0 Å². The lowest BCUT2D eigenvalue weighted by atomic mass is 10.00. The molecular weight excluding hydrogens is 426 g/mol. The van der Waals surface area contributed by atoms with E-state index < -0.39 is 10.0 Å². The highest BCUT2D eigenvalue weighted by Crippen LogP contribution is 2.32. The first-order valence-corrected chi connectivity index (χ1v) is 11.6. The van der Waals surface area contributed by atoms with Crippen molar-refractivity contribution in [2.45, 2.75) is 18.7 Å². The minimum Gasteiger partial charge on any atom is -0.493 e. The summed E-state index contributed by atoms with van der Waals surface area (Å²) in [7, 11) is -3.52. The number of aromatic nitrogens is 3. The molecule has 0 saturated carbocycles. The van der Waals surface area contributed by atoms with Gasteiger partial charge in [-0.3, -0.25) is 0 Å². The Morgan fingerprint density at radius 1 is 0.906 bits per heavy atom. The predicted molar refractivity (Wildman–Crippen MR) is 124 cm³/mol. The SMILES string of the molecule is CCN(CC)S(=O)(=O)c1ccc(-c2cnc(N)c(-c3ccc4c(O)ncnc4c3)c2)cc1. The van der Waals surface area contributed by atoms with E-state index in [-0.39, 0.29) is 10.8 Å². The van der Waals surface area contributed by atoms with Crippen LogP contribution < -0.4 is 5.73 Å². The molecule has 0 fully saturated rings. The first kappa shape index (κ1) is 21.7. The largest absolute Gasteiger partial charge is 0.493 e. The van der Waals surface area contributed by atoms with Crippen LogP contribution in [-0.2, 0) is 10.0 Å². The molecule has 9 heteroatoms. The van der Waals surface area contributed by atoms with Crippen LogP contribution in [0, 0.1) is 0 Å². The maximum absolute atomic E-state index is 12.7. The van der Waals surface area contributed by atoms with E-state index in [1.807, 2.05) is 32.0 Å². The predicted octanol–water partition coefficient (Wildman–Crippen LogP) is 3.68. The third-order valence-corrected chi connectivity index (χ3v) is 7.44. The number of rotatable bonds is 6. The Bertz CT molecular complexity index is 1380. The van der Waals surface area contributed by atoms with Crippen LogP contribution in [0.3, 0.4) is 0 Å². The number of aromatic hydroxyl groups is 1. The molecule has 0 aliphatic carbocycles. The lowest BCUT2D eigenvalue weighted by Gasteiger charge is -2.18. The lowest BCUT2D eigenvalue weighted by molar-refractivity contribution is 0.445. The van der Waals surface area contributed by atoms with Gasteiger partial charge in [-0.2, -0.15) is 4.31 Å². The molecule has 0 saturated heterocycles. The molecule has 0 atom stereocenters. The third-order valence-electron chi connectivity index (χ3n) is 5.38. The van der Waals surface area contributed by atoms with E-state index in [0.29, 0.717) is 35.4 Å². The van der Waals surface area contributed by atoms with Crippen LogP contribution in [0.4, 0.5) is 5.82 Å². The molecule has 2 aromatic carbocycles. The summed E-state index contributed by atoms with van der Waals surface area (Å²) < 4.78 is 26.9. The molecule has 2 aromatic heterocycles. The van der Waals surface area contributed by atoms with Gasteiger partial charge in [0.05, 0.1) is 15.8 Å². The maximum Gasteiger partial charge on any atom is 0.243 e. The van der Waals surface area contributed by atoms with Gasteiger partial charge in [0.25, 0.3) is 0 Å². The Labute approximate surface area is 186 Å². The van der Waals surface area contributed by atoms with E-state index in [2.05, 4.69) is 15.0 Å². The Kier molecular flexibility index (Phi) is 5.77. The monoisotopic (exact) mass is 449 g/mol. The highest BCUT2D eigenvalue weighted by Gasteiger charge is 2.21. The van der Waals surface area contributed by atoms with E-state index in [9.17, 15) is 13.5 Å². The molecule has 0 aliphatic rings. The zero-order chi connectivity index (χ0) is 22.9. The van der Waals surface area contributed by atoms with Crippen LogP contribution in [0.25, 0.3) is 33.2 Å². The zero-order valence-corrected chi connectivity index (χ0v) is 18.5. The van der Waals surface area contributed by atoms with Crippen molar-refractivity contribution >= 4 is 26.7 Å². The van der Waals surface area contributed by atoms with Gasteiger partial charge in [0, 0.05) is 30.4 Å². The highest BCUT2D eigenvalue weighted by atomic mass is 32.2. The molecule has 4 aromatic rings. The fourth-order valence-electron chi connectivity index (χ4n) is 3.61. The van der Waals surface area contributed by atoms with Crippen molar-refractivity contribution in [3.63, 3.8) is 0 Å². The molecule has 2 heterocycles. The second kappa shape index (κ2) is 8.52. The van der Waals surface area contributed by atoms with Crippen molar-refractivity contribution in [3.05, 3.63) is 61.1 Å². The van der Waals surface area contributed by atoms with Crippen LogP contribution in [-0.4, -0.2) is 45.9 Å². The Hall–Kier alpha value is -3.56. The fraction of sp³-hybridized carbons (Fsp3) is 0.174. The molecule has 0 aliphatic heterocycles. The number of nitrogens with zero attached hydrogens (tertiary/aromatic N) is 4. The molecule has 0 radical (unpaired) electrons. The first-order chi connectivity index (χ1) is 15.3. The smallest absolute Gasteiger partial charge is 0.243 e. The van der Waals surface area contributed by atoms with Gasteiger partial charge < -0.3 is 10.8 Å². The summed E-state index contributed by atoms with van der Waals surface area (Å²) in [5, 5.41) is 10.4. The number of sulfonamides is 1. The number of hydrogen-bond donors (Lipinski definition) is 2. The summed E-state index contributed by atoms with van der Waals surface area (Å²) in [5.74, 6) is 0.272. The van der Waals surface area contributed by atoms with Crippen LogP contribution in [0.2, 0.25) is 0 Å². The van der Waals surface area contributed by atoms with Crippen LogP contribution in [0.1, 0.15) is 13.8 Å². The van der Waals surface area contributed by atoms with Crippen molar-refractivity contribution in [1.29, 1.82) is 0 Å². The van der Waals surface area contributed by atoms with Gasteiger partial charge >= 0.3 is 0 Å². The van der Waals surface area contributed by atoms with Crippen molar-refractivity contribution in [2.75, 3.05) is 18.8 Å². The van der Waals surface area contributed by atoms with Crippen LogP contribution in [0.15, 0.2) is 66.0 Å². The first-order valence-electron chi connectivity index (χ1n) is 10.1. The molecule has 0 bridgehead atoms. The molecule has 0 unspecified atom stereocenters. The van der Waals surface area contributed by atoms with E-state index in [4.69, 9.17) is 5.73 Å². The topological polar surface area (TPSA) is 122 Å². The molecule has 8 nitrogen and oxygen atoms in total. The van der Waals surface area contributed by atoms with Crippen LogP contribution >= 0.6 is 0 Å². The molecule has 0 spiro atoms. The van der Waals surface area contributed by atoms with Crippen molar-refractivity contribution < 1.29 is 13.5 Å². The fourth-order valence-corrected chi connectivity index (χ4v) is 5.06. The van der Waals surface area contributed by atoms with Crippen molar-refractivity contribution in [1.82, 2.24) is 19.3 Å². The Balaban J connectivity index is 1.72. The Morgan fingerprint density at radius 3 is 2.28 bits per heavy atom. The molecule has 32 heavy (non-hydrogen) atoms. The van der Waals surface area contributed by atoms with E-state index >= 15 is 0 Å². The number of nitrogens with two attached hydrogens (primary N) is 1. The summed E-state index contributed by atoms with van der Waals surface area (Å²) in [5.41, 5.74) is 9.85. The summed E-state index contributed by atoms with van der Waals surface area (Å²) in [4.78, 5) is 12.6. The number of pyridine rings is 1. The average molecular weight is 450 g/mol. The normalized spacial score (nSPS) is 11.8. The van der Waals surface area contributed by atoms with Gasteiger partial charge in [0.2, 0.25) is 15.9 Å². The second-order valence-electron chi connectivity index (χ2n) is 7.20. The second-order valence-corrected chi connectivity index (χ2v) is 9.14. The number of hydrogen-bond acceptors (Lipinski definition) is 7. The molecular formula is C23H23N5O3S. The third kappa shape index (κ3) is 3.88. The summed E-state index contributed by atoms with van der Waals surface area (Å²) in [6, 6.07) is 14.0. The molecule has 0 amide bonds. The minimum absolute atomic E-state index is 0.0823. The van der Waals surface area contributed by atoms with E-state index in [1.54, 1.807) is 36.5 Å². The minimum atomic E-state index is -3.52. The van der Waals surface area contributed by atoms with E-state index in [1.165, 1.54) is 10.6 Å². The highest BCUT2D eigenvalue weighted by molar-refractivity contribution is 7.89. The average Bonchev–Trinajstić information content (AvgIpc) is 2.80. The summed E-state index contributed by atoms with van der Waals surface area (Å²) >= 11 is 0. The summed E-state index contributed by atoms with van der Waals surface area (Å²) in [6.45, 7) is 4.47. The number of benzene rings is 2. The summed E-state index contributed by atoms with van der Waals surface area (Å²) in [6.07, 6.45) is 2.95. The number of fused-ring (bicyclic) bond motifs is 1. The zero-order valence-electron chi connectivity index (χ0n) is 17.7. The quantitative estimate of drug-likeness (QED) is 0.460. The molecule has 164 valence electrons. The van der Waals surface area contributed by atoms with Crippen molar-refractivity contribution in [3.8, 4) is 28.1 Å². The van der Waals surface area contributed by atoms with Gasteiger partial charge in [0.1, 0.15) is 12.1 Å². The van der Waals surface area contributed by atoms with Gasteiger partial charge in [-0.25, -0.2) is 23.4 Å². The van der Waals surface area contributed by atoms with Crippen molar-refractivity contribution in [2.24, 2.45) is 0 Å². The van der Waals surface area contributed by atoms with Gasteiger partial charge in [-0.1, -0.05) is 32.0 Å². The van der Waals surface area contributed by atoms with Crippen LogP contribution in [0.5, 0.6) is 5.88 Å². The molecule has 4 rings (SSSR count). The van der Waals surface area contributed by atoms with E-state index in [0.717, 1.165) is 16.7 Å². The number of nitrogen functional groups attached to an aromatic ring is 1. The number of anilines is 1.